The van der Waals surface area contributed by atoms with Crippen molar-refractivity contribution in [3.8, 4) is 0 Å². The van der Waals surface area contributed by atoms with Crippen molar-refractivity contribution in [1.29, 1.82) is 0 Å². The Labute approximate surface area is 197 Å². The molecule has 0 unspecified atom stereocenters. The van der Waals surface area contributed by atoms with Crippen LogP contribution in [0.1, 0.15) is 30.6 Å². The first-order valence-electron chi connectivity index (χ1n) is 11.5. The number of carbonyl (C=O) groups is 1. The van der Waals surface area contributed by atoms with Crippen molar-refractivity contribution in [3.63, 3.8) is 0 Å². The van der Waals surface area contributed by atoms with Crippen molar-refractivity contribution in [1.82, 2.24) is 19.6 Å². The Morgan fingerprint density at radius 1 is 1.03 bits per heavy atom. The zero-order valence-electron chi connectivity index (χ0n) is 19.0. The molecule has 33 heavy (non-hydrogen) atoms. The van der Waals surface area contributed by atoms with Crippen molar-refractivity contribution in [2.45, 2.75) is 32.9 Å². The summed E-state index contributed by atoms with van der Waals surface area (Å²) in [6.45, 7) is 7.75. The van der Waals surface area contributed by atoms with Gasteiger partial charge in [-0.05, 0) is 25.0 Å². The number of nitrogens with zero attached hydrogens (tertiary/aromatic N) is 4. The van der Waals surface area contributed by atoms with E-state index in [2.05, 4.69) is 34.3 Å². The van der Waals surface area contributed by atoms with Gasteiger partial charge in [0.1, 0.15) is 6.04 Å². The van der Waals surface area contributed by atoms with Crippen molar-refractivity contribution < 1.29 is 4.79 Å². The SMILES string of the molecule is CC[C@@H](C(=O)N1CCN(Cc2ccccc2)CC1)n1nc(C)c2sc3ccccc3c2c1=O. The Morgan fingerprint density at radius 3 is 2.45 bits per heavy atom. The van der Waals surface area contributed by atoms with Gasteiger partial charge in [0.25, 0.3) is 5.56 Å². The fourth-order valence-electron chi connectivity index (χ4n) is 4.72. The van der Waals surface area contributed by atoms with Crippen LogP contribution >= 0.6 is 11.3 Å². The third-order valence-electron chi connectivity index (χ3n) is 6.50. The van der Waals surface area contributed by atoms with Crippen LogP contribution in [0.25, 0.3) is 20.2 Å². The smallest absolute Gasteiger partial charge is 0.276 e. The summed E-state index contributed by atoms with van der Waals surface area (Å²) in [6.07, 6.45) is 0.531. The molecule has 1 amide bonds. The van der Waals surface area contributed by atoms with Crippen LogP contribution in [0.2, 0.25) is 0 Å². The molecule has 1 aliphatic rings. The number of thiophene rings is 1. The summed E-state index contributed by atoms with van der Waals surface area (Å²) in [5.41, 5.74) is 1.91. The Bertz CT molecular complexity index is 1350. The molecule has 1 aliphatic heterocycles. The van der Waals surface area contributed by atoms with E-state index in [1.807, 2.05) is 49.1 Å². The first-order valence-corrected chi connectivity index (χ1v) is 12.3. The standard InChI is InChI=1S/C26H28N4O2S/c1-3-21(25(31)29-15-13-28(14-16-29)17-19-9-5-4-6-10-19)30-26(32)23-20-11-7-8-12-22(20)33-24(23)18(2)27-30/h4-12,21H,3,13-17H2,1-2H3/t21-/m0/s1. The maximum Gasteiger partial charge on any atom is 0.276 e. The Kier molecular flexibility index (Phi) is 6.00. The number of amides is 1. The van der Waals surface area contributed by atoms with Crippen LogP contribution in [-0.4, -0.2) is 51.7 Å². The minimum absolute atomic E-state index is 0.00949. The number of piperazine rings is 1. The molecule has 1 saturated heterocycles. The largest absolute Gasteiger partial charge is 0.338 e. The quantitative estimate of drug-likeness (QED) is 0.448. The molecule has 2 aromatic heterocycles. The molecule has 3 heterocycles. The molecule has 1 atom stereocenters. The van der Waals surface area contributed by atoms with Crippen molar-refractivity contribution in [2.75, 3.05) is 26.2 Å². The summed E-state index contributed by atoms with van der Waals surface area (Å²) in [5.74, 6) is -0.00949. The van der Waals surface area contributed by atoms with Gasteiger partial charge in [0.05, 0.1) is 15.8 Å². The lowest BCUT2D eigenvalue weighted by Gasteiger charge is -2.36. The van der Waals surface area contributed by atoms with Gasteiger partial charge in [-0.15, -0.1) is 11.3 Å². The van der Waals surface area contributed by atoms with E-state index in [1.165, 1.54) is 10.2 Å². The number of carbonyl (C=O) groups excluding carboxylic acids is 1. The van der Waals surface area contributed by atoms with E-state index in [1.54, 1.807) is 11.3 Å². The molecule has 0 bridgehead atoms. The van der Waals surface area contributed by atoms with Crippen molar-refractivity contribution in [3.05, 3.63) is 76.2 Å². The Morgan fingerprint density at radius 2 is 1.73 bits per heavy atom. The predicted molar refractivity (Wildman–Crippen MR) is 134 cm³/mol. The van der Waals surface area contributed by atoms with E-state index >= 15 is 0 Å². The highest BCUT2D eigenvalue weighted by molar-refractivity contribution is 7.26. The molecular weight excluding hydrogens is 432 g/mol. The molecule has 0 radical (unpaired) electrons. The van der Waals surface area contributed by atoms with Gasteiger partial charge in [0.2, 0.25) is 5.91 Å². The van der Waals surface area contributed by atoms with E-state index in [0.717, 1.165) is 40.1 Å². The van der Waals surface area contributed by atoms with Gasteiger partial charge in [-0.3, -0.25) is 14.5 Å². The molecule has 0 saturated carbocycles. The summed E-state index contributed by atoms with van der Waals surface area (Å²) in [7, 11) is 0. The minimum atomic E-state index is -0.583. The average Bonchev–Trinajstić information content (AvgIpc) is 3.24. The monoisotopic (exact) mass is 460 g/mol. The van der Waals surface area contributed by atoms with Gasteiger partial charge in [-0.1, -0.05) is 55.5 Å². The van der Waals surface area contributed by atoms with E-state index in [4.69, 9.17) is 0 Å². The summed E-state index contributed by atoms with van der Waals surface area (Å²) >= 11 is 1.59. The first-order chi connectivity index (χ1) is 16.1. The lowest BCUT2D eigenvalue weighted by molar-refractivity contribution is -0.137. The molecule has 4 aromatic rings. The van der Waals surface area contributed by atoms with Crippen LogP contribution in [0.4, 0.5) is 0 Å². The van der Waals surface area contributed by atoms with Gasteiger partial charge in [-0.2, -0.15) is 5.10 Å². The number of benzene rings is 2. The molecule has 0 N–H and O–H groups in total. The van der Waals surface area contributed by atoms with Gasteiger partial charge in [0.15, 0.2) is 0 Å². The third kappa shape index (κ3) is 4.07. The van der Waals surface area contributed by atoms with Crippen LogP contribution in [0.3, 0.4) is 0 Å². The normalized spacial score (nSPS) is 15.9. The number of aryl methyl sites for hydroxylation is 1. The maximum atomic E-state index is 13.5. The zero-order valence-corrected chi connectivity index (χ0v) is 19.8. The first kappa shape index (κ1) is 21.8. The summed E-state index contributed by atoms with van der Waals surface area (Å²) < 4.78 is 3.42. The summed E-state index contributed by atoms with van der Waals surface area (Å²) in [6, 6.07) is 17.8. The number of fused-ring (bicyclic) bond motifs is 3. The van der Waals surface area contributed by atoms with Crippen LogP contribution < -0.4 is 5.56 Å². The second kappa shape index (κ2) is 9.08. The molecule has 6 nitrogen and oxygen atoms in total. The van der Waals surface area contributed by atoms with Gasteiger partial charge in [0, 0.05) is 42.8 Å². The highest BCUT2D eigenvalue weighted by Gasteiger charge is 2.30. The summed E-state index contributed by atoms with van der Waals surface area (Å²) in [4.78, 5) is 31.3. The summed E-state index contributed by atoms with van der Waals surface area (Å²) in [5, 5.41) is 6.24. The van der Waals surface area contributed by atoms with Crippen molar-refractivity contribution in [2.24, 2.45) is 0 Å². The number of hydrogen-bond donors (Lipinski definition) is 0. The maximum absolute atomic E-state index is 13.5. The van der Waals surface area contributed by atoms with Gasteiger partial charge < -0.3 is 4.90 Å². The molecule has 1 fully saturated rings. The fraction of sp³-hybridized carbons (Fsp3) is 0.346. The second-order valence-electron chi connectivity index (χ2n) is 8.65. The number of rotatable bonds is 5. The zero-order chi connectivity index (χ0) is 22.9. The molecule has 0 spiro atoms. The van der Waals surface area contributed by atoms with Crippen LogP contribution in [0.5, 0.6) is 0 Å². The highest BCUT2D eigenvalue weighted by Crippen LogP contribution is 2.33. The number of aromatic nitrogens is 2. The lowest BCUT2D eigenvalue weighted by Crippen LogP contribution is -2.51. The predicted octanol–water partition coefficient (Wildman–Crippen LogP) is 4.22. The van der Waals surface area contributed by atoms with E-state index < -0.39 is 6.04 Å². The highest BCUT2D eigenvalue weighted by atomic mass is 32.1. The molecule has 2 aromatic carbocycles. The Balaban J connectivity index is 1.39. The second-order valence-corrected chi connectivity index (χ2v) is 9.70. The third-order valence-corrected chi connectivity index (χ3v) is 7.78. The minimum Gasteiger partial charge on any atom is -0.338 e. The lowest BCUT2D eigenvalue weighted by atomic mass is 10.1. The average molecular weight is 461 g/mol. The fourth-order valence-corrected chi connectivity index (χ4v) is 5.86. The molecule has 0 aliphatic carbocycles. The van der Waals surface area contributed by atoms with Crippen LogP contribution in [0.15, 0.2) is 59.4 Å². The van der Waals surface area contributed by atoms with Gasteiger partial charge in [-0.25, -0.2) is 4.68 Å². The van der Waals surface area contributed by atoms with E-state index in [9.17, 15) is 9.59 Å². The molecule has 170 valence electrons. The van der Waals surface area contributed by atoms with Crippen molar-refractivity contribution >= 4 is 37.4 Å². The van der Waals surface area contributed by atoms with Crippen LogP contribution in [-0.2, 0) is 11.3 Å². The van der Waals surface area contributed by atoms with Gasteiger partial charge >= 0.3 is 0 Å². The topological polar surface area (TPSA) is 58.4 Å². The molecule has 7 heteroatoms. The molecular formula is C26H28N4O2S. The molecule has 5 rings (SSSR count). The number of hydrogen-bond acceptors (Lipinski definition) is 5. The Hall–Kier alpha value is -3.03. The van der Waals surface area contributed by atoms with Crippen LogP contribution in [0, 0.1) is 6.92 Å². The van der Waals surface area contributed by atoms with E-state index in [0.29, 0.717) is 24.9 Å². The van der Waals surface area contributed by atoms with E-state index in [-0.39, 0.29) is 11.5 Å².